The van der Waals surface area contributed by atoms with Crippen LogP contribution in [0.2, 0.25) is 5.02 Å². The molecule has 2 atom stereocenters. The number of nitrogens with one attached hydrogen (secondary N) is 1. The molecule has 1 aliphatic rings. The van der Waals surface area contributed by atoms with Gasteiger partial charge < -0.3 is 10.1 Å². The van der Waals surface area contributed by atoms with E-state index in [0.29, 0.717) is 18.4 Å². The largest absolute Gasteiger partial charge is 0.444 e. The van der Waals surface area contributed by atoms with E-state index >= 15 is 0 Å². The number of carbonyl (C=O) groups excluding carboxylic acids is 1. The molecule has 1 saturated carbocycles. The van der Waals surface area contributed by atoms with Crippen LogP contribution in [-0.4, -0.2) is 18.2 Å². The second kappa shape index (κ2) is 7.09. The summed E-state index contributed by atoms with van der Waals surface area (Å²) < 4.78 is 5.28. The summed E-state index contributed by atoms with van der Waals surface area (Å²) in [6.07, 6.45) is 0.757. The highest BCUT2D eigenvalue weighted by Gasteiger charge is 2.38. The van der Waals surface area contributed by atoms with Gasteiger partial charge in [-0.15, -0.1) is 0 Å². The van der Waals surface area contributed by atoms with Gasteiger partial charge in [-0.3, -0.25) is 0 Å². The van der Waals surface area contributed by atoms with E-state index in [1.54, 1.807) is 0 Å². The van der Waals surface area contributed by atoms with Crippen LogP contribution in [0.3, 0.4) is 0 Å². The molecule has 0 bridgehead atoms. The fraction of sp³-hybridized carbons (Fsp3) is 0.381. The van der Waals surface area contributed by atoms with Gasteiger partial charge in [0.05, 0.1) is 0 Å². The molecule has 1 N–H and O–H groups in total. The van der Waals surface area contributed by atoms with Crippen molar-refractivity contribution >= 4 is 17.7 Å². The maximum Gasteiger partial charge on any atom is 0.407 e. The lowest BCUT2D eigenvalue weighted by Crippen LogP contribution is -2.33. The lowest BCUT2D eigenvalue weighted by atomic mass is 10.0. The zero-order chi connectivity index (χ0) is 18.0. The van der Waals surface area contributed by atoms with Crippen molar-refractivity contribution in [2.24, 2.45) is 5.92 Å². The second-order valence-electron chi connectivity index (χ2n) is 7.62. The first-order chi connectivity index (χ1) is 11.8. The van der Waals surface area contributed by atoms with Crippen LogP contribution in [0.25, 0.3) is 11.1 Å². The van der Waals surface area contributed by atoms with Gasteiger partial charge in [-0.25, -0.2) is 4.79 Å². The topological polar surface area (TPSA) is 38.3 Å². The van der Waals surface area contributed by atoms with Gasteiger partial charge >= 0.3 is 6.09 Å². The van der Waals surface area contributed by atoms with Crippen LogP contribution in [0.15, 0.2) is 48.5 Å². The minimum atomic E-state index is -0.458. The Hall–Kier alpha value is -2.00. The van der Waals surface area contributed by atoms with Crippen molar-refractivity contribution in [2.45, 2.75) is 38.7 Å². The summed E-state index contributed by atoms with van der Waals surface area (Å²) in [5.74, 6) is 0.982. The van der Waals surface area contributed by atoms with Crippen molar-refractivity contribution < 1.29 is 9.53 Å². The molecule has 0 heterocycles. The quantitative estimate of drug-likeness (QED) is 0.769. The highest BCUT2D eigenvalue weighted by atomic mass is 35.5. The third kappa shape index (κ3) is 4.99. The molecule has 132 valence electrons. The van der Waals surface area contributed by atoms with E-state index in [9.17, 15) is 4.79 Å². The lowest BCUT2D eigenvalue weighted by molar-refractivity contribution is 0.0525. The van der Waals surface area contributed by atoms with Gasteiger partial charge in [0, 0.05) is 11.6 Å². The highest BCUT2D eigenvalue weighted by Crippen LogP contribution is 2.47. The Kier molecular flexibility index (Phi) is 5.05. The Balaban J connectivity index is 1.58. The van der Waals surface area contributed by atoms with Gasteiger partial charge in [0.2, 0.25) is 0 Å². The molecule has 2 aromatic carbocycles. The molecular formula is C21H24ClNO2. The Morgan fingerprint density at radius 3 is 2.56 bits per heavy atom. The standard InChI is InChI=1S/C21H24ClNO2/c1-21(2,3)25-20(24)23-13-17-12-19(17)16-6-4-5-15(11-16)14-7-9-18(22)10-8-14/h4-11,17,19H,12-13H2,1-3H3,(H,23,24)/t17-,19-/m0/s1. The van der Waals surface area contributed by atoms with Crippen molar-refractivity contribution in [3.05, 3.63) is 59.1 Å². The van der Waals surface area contributed by atoms with Crippen LogP contribution in [0.1, 0.15) is 38.7 Å². The van der Waals surface area contributed by atoms with Crippen molar-refractivity contribution in [1.82, 2.24) is 5.32 Å². The Morgan fingerprint density at radius 2 is 1.88 bits per heavy atom. The minimum Gasteiger partial charge on any atom is -0.444 e. The first-order valence-electron chi connectivity index (χ1n) is 8.64. The number of benzene rings is 2. The Morgan fingerprint density at radius 1 is 1.16 bits per heavy atom. The Bertz CT molecular complexity index is 749. The van der Waals surface area contributed by atoms with Crippen molar-refractivity contribution in [3.63, 3.8) is 0 Å². The van der Waals surface area contributed by atoms with Gasteiger partial charge in [0.15, 0.2) is 0 Å². The van der Waals surface area contributed by atoms with Crippen molar-refractivity contribution in [2.75, 3.05) is 6.54 Å². The van der Waals surface area contributed by atoms with E-state index < -0.39 is 5.60 Å². The predicted molar refractivity (Wildman–Crippen MR) is 102 cm³/mol. The Labute approximate surface area is 154 Å². The highest BCUT2D eigenvalue weighted by molar-refractivity contribution is 6.30. The van der Waals surface area contributed by atoms with E-state index in [2.05, 4.69) is 29.6 Å². The normalized spacial score (nSPS) is 19.4. The summed E-state index contributed by atoms with van der Waals surface area (Å²) in [7, 11) is 0. The molecule has 0 radical (unpaired) electrons. The molecule has 0 spiro atoms. The number of amides is 1. The third-order valence-corrected chi connectivity index (χ3v) is 4.57. The van der Waals surface area contributed by atoms with Gasteiger partial charge in [-0.1, -0.05) is 48.0 Å². The van der Waals surface area contributed by atoms with E-state index in [0.717, 1.165) is 17.0 Å². The number of rotatable bonds is 4. The monoisotopic (exact) mass is 357 g/mol. The number of hydrogen-bond donors (Lipinski definition) is 1. The fourth-order valence-corrected chi connectivity index (χ4v) is 3.13. The maximum absolute atomic E-state index is 11.8. The predicted octanol–water partition coefficient (Wildman–Crippen LogP) is 5.64. The molecule has 1 fully saturated rings. The number of carbonyl (C=O) groups is 1. The molecule has 25 heavy (non-hydrogen) atoms. The lowest BCUT2D eigenvalue weighted by Gasteiger charge is -2.19. The average molecular weight is 358 g/mol. The molecular weight excluding hydrogens is 334 g/mol. The van der Waals surface area contributed by atoms with Crippen LogP contribution >= 0.6 is 11.6 Å². The number of alkyl carbamates (subject to hydrolysis) is 1. The smallest absolute Gasteiger partial charge is 0.407 e. The van der Waals surface area contributed by atoms with Gasteiger partial charge in [-0.05, 0) is 67.9 Å². The van der Waals surface area contributed by atoms with Gasteiger partial charge in [-0.2, -0.15) is 0 Å². The van der Waals surface area contributed by atoms with Crippen LogP contribution in [0, 0.1) is 5.92 Å². The molecule has 1 amide bonds. The summed E-state index contributed by atoms with van der Waals surface area (Å²) in [5.41, 5.74) is 3.22. The molecule has 0 unspecified atom stereocenters. The van der Waals surface area contributed by atoms with Gasteiger partial charge in [0.1, 0.15) is 5.60 Å². The number of ether oxygens (including phenoxy) is 1. The van der Waals surface area contributed by atoms with Gasteiger partial charge in [0.25, 0.3) is 0 Å². The van der Waals surface area contributed by atoms with E-state index in [4.69, 9.17) is 16.3 Å². The van der Waals surface area contributed by atoms with Crippen LogP contribution in [-0.2, 0) is 4.74 Å². The maximum atomic E-state index is 11.8. The number of halogens is 1. The van der Waals surface area contributed by atoms with E-state index in [1.807, 2.05) is 45.0 Å². The zero-order valence-corrected chi connectivity index (χ0v) is 15.6. The summed E-state index contributed by atoms with van der Waals surface area (Å²) in [6, 6.07) is 16.5. The molecule has 3 nitrogen and oxygen atoms in total. The minimum absolute atomic E-state index is 0.340. The molecule has 1 aliphatic carbocycles. The summed E-state index contributed by atoms with van der Waals surface area (Å²) in [5, 5.41) is 3.62. The van der Waals surface area contributed by atoms with Crippen LogP contribution < -0.4 is 5.32 Å². The summed E-state index contributed by atoms with van der Waals surface area (Å²) >= 11 is 5.97. The molecule has 0 saturated heterocycles. The first-order valence-corrected chi connectivity index (χ1v) is 9.02. The SMILES string of the molecule is CC(C)(C)OC(=O)NC[C@@H]1C[C@H]1c1cccc(-c2ccc(Cl)cc2)c1. The zero-order valence-electron chi connectivity index (χ0n) is 14.9. The van der Waals surface area contributed by atoms with Crippen molar-refractivity contribution in [1.29, 1.82) is 0 Å². The fourth-order valence-electron chi connectivity index (χ4n) is 3.00. The summed E-state index contributed by atoms with van der Waals surface area (Å²) in [6.45, 7) is 6.27. The average Bonchev–Trinajstić information content (AvgIpc) is 3.32. The molecule has 0 aromatic heterocycles. The molecule has 2 aromatic rings. The third-order valence-electron chi connectivity index (χ3n) is 4.32. The summed E-state index contributed by atoms with van der Waals surface area (Å²) in [4.78, 5) is 11.8. The molecule has 0 aliphatic heterocycles. The molecule has 4 heteroatoms. The molecule has 3 rings (SSSR count). The van der Waals surface area contributed by atoms with Crippen LogP contribution in [0.4, 0.5) is 4.79 Å². The van der Waals surface area contributed by atoms with E-state index in [-0.39, 0.29) is 6.09 Å². The second-order valence-corrected chi connectivity index (χ2v) is 8.05. The van der Waals surface area contributed by atoms with Crippen molar-refractivity contribution in [3.8, 4) is 11.1 Å². The van der Waals surface area contributed by atoms with Crippen LogP contribution in [0.5, 0.6) is 0 Å². The first kappa shape index (κ1) is 17.8. The number of hydrogen-bond acceptors (Lipinski definition) is 2. The van der Waals surface area contributed by atoms with E-state index in [1.165, 1.54) is 11.1 Å².